The molecular weight excluding hydrogens is 262 g/mol. The molecule has 5 heteroatoms. The molecule has 0 saturated carbocycles. The van der Waals surface area contributed by atoms with Gasteiger partial charge in [-0.3, -0.25) is 4.79 Å². The number of nitrogens with one attached hydrogen (secondary N) is 1. The number of hydrogen-bond donors (Lipinski definition) is 2. The van der Waals surface area contributed by atoms with Crippen molar-refractivity contribution in [1.82, 2.24) is 5.32 Å². The van der Waals surface area contributed by atoms with Gasteiger partial charge in [0.1, 0.15) is 6.04 Å². The highest BCUT2D eigenvalue weighted by Gasteiger charge is 2.20. The second-order valence-electron chi connectivity index (χ2n) is 4.33. The smallest absolute Gasteiger partial charge is 0.326 e. The van der Waals surface area contributed by atoms with E-state index in [-0.39, 0.29) is 5.91 Å². The number of benzene rings is 1. The maximum Gasteiger partial charge on any atom is 0.326 e. The van der Waals surface area contributed by atoms with Crippen LogP contribution in [0.5, 0.6) is 0 Å². The van der Waals surface area contributed by atoms with Gasteiger partial charge in [-0.25, -0.2) is 4.79 Å². The highest BCUT2D eigenvalue weighted by atomic mass is 32.2. The van der Waals surface area contributed by atoms with E-state index in [0.29, 0.717) is 18.4 Å². The normalized spacial score (nSPS) is 11.9. The molecule has 1 atom stereocenters. The van der Waals surface area contributed by atoms with E-state index in [1.165, 1.54) is 0 Å². The Kier molecular flexibility index (Phi) is 5.89. The van der Waals surface area contributed by atoms with Gasteiger partial charge >= 0.3 is 5.97 Å². The molecule has 0 spiro atoms. The van der Waals surface area contributed by atoms with E-state index in [0.717, 1.165) is 10.5 Å². The molecule has 0 fully saturated rings. The fourth-order valence-electron chi connectivity index (χ4n) is 1.75. The molecule has 0 saturated heterocycles. The molecular formula is C14H19NO3S. The molecule has 0 aliphatic rings. The van der Waals surface area contributed by atoms with Gasteiger partial charge in [0, 0.05) is 10.5 Å². The Hall–Kier alpha value is -1.49. The Bertz CT molecular complexity index is 474. The molecule has 0 heterocycles. The summed E-state index contributed by atoms with van der Waals surface area (Å²) in [6.07, 6.45) is 3.08. The lowest BCUT2D eigenvalue weighted by Crippen LogP contribution is -2.40. The van der Waals surface area contributed by atoms with Crippen LogP contribution < -0.4 is 5.32 Å². The zero-order valence-electron chi connectivity index (χ0n) is 11.4. The minimum absolute atomic E-state index is 0.325. The van der Waals surface area contributed by atoms with Crippen molar-refractivity contribution >= 4 is 23.6 Å². The maximum absolute atomic E-state index is 12.1. The molecule has 1 aromatic carbocycles. The maximum atomic E-state index is 12.1. The second kappa shape index (κ2) is 7.19. The number of aliphatic carboxylic acids is 1. The van der Waals surface area contributed by atoms with E-state index < -0.39 is 12.0 Å². The Labute approximate surface area is 117 Å². The summed E-state index contributed by atoms with van der Waals surface area (Å²) in [5, 5.41) is 11.6. The first-order valence-corrected chi connectivity index (χ1v) is 7.40. The van der Waals surface area contributed by atoms with E-state index in [1.807, 2.05) is 32.2 Å². The van der Waals surface area contributed by atoms with E-state index in [9.17, 15) is 9.59 Å². The molecule has 19 heavy (non-hydrogen) atoms. The predicted octanol–water partition coefficient (Wildman–Crippen LogP) is 2.70. The number of carbonyl (C=O) groups is 2. The van der Waals surface area contributed by atoms with Crippen molar-refractivity contribution < 1.29 is 14.7 Å². The van der Waals surface area contributed by atoms with Gasteiger partial charge < -0.3 is 10.4 Å². The quantitative estimate of drug-likeness (QED) is 0.787. The van der Waals surface area contributed by atoms with Gasteiger partial charge in [-0.2, -0.15) is 0 Å². The lowest BCUT2D eigenvalue weighted by Gasteiger charge is -2.15. The third-order valence-electron chi connectivity index (χ3n) is 2.87. The summed E-state index contributed by atoms with van der Waals surface area (Å²) < 4.78 is 0. The number of carboxylic acids is 1. The van der Waals surface area contributed by atoms with Crippen LogP contribution in [0.1, 0.15) is 35.7 Å². The van der Waals surface area contributed by atoms with Gasteiger partial charge in [0.15, 0.2) is 0 Å². The molecule has 0 radical (unpaired) electrons. The number of hydrogen-bond acceptors (Lipinski definition) is 3. The number of carboxylic acid groups (broad SMARTS) is 1. The molecule has 1 rings (SSSR count). The molecule has 1 aromatic rings. The lowest BCUT2D eigenvalue weighted by atomic mass is 10.1. The van der Waals surface area contributed by atoms with Crippen molar-refractivity contribution in [3.8, 4) is 0 Å². The van der Waals surface area contributed by atoms with Gasteiger partial charge in [0.05, 0.1) is 0 Å². The van der Waals surface area contributed by atoms with Crippen molar-refractivity contribution in [3.63, 3.8) is 0 Å². The van der Waals surface area contributed by atoms with Crippen molar-refractivity contribution in [2.24, 2.45) is 0 Å². The average Bonchev–Trinajstić information content (AvgIpc) is 2.38. The van der Waals surface area contributed by atoms with Crippen molar-refractivity contribution in [3.05, 3.63) is 29.3 Å². The summed E-state index contributed by atoms with van der Waals surface area (Å²) in [5.41, 5.74) is 1.38. The summed E-state index contributed by atoms with van der Waals surface area (Å²) in [6.45, 7) is 3.73. The lowest BCUT2D eigenvalue weighted by molar-refractivity contribution is -0.139. The predicted molar refractivity (Wildman–Crippen MR) is 76.8 cm³/mol. The monoisotopic (exact) mass is 281 g/mol. The molecule has 4 nitrogen and oxygen atoms in total. The van der Waals surface area contributed by atoms with Gasteiger partial charge in [-0.05, 0) is 37.3 Å². The highest BCUT2D eigenvalue weighted by molar-refractivity contribution is 7.98. The summed E-state index contributed by atoms with van der Waals surface area (Å²) in [7, 11) is 0. The Morgan fingerprint density at radius 1 is 1.42 bits per heavy atom. The zero-order chi connectivity index (χ0) is 14.4. The number of thioether (sulfide) groups is 1. The van der Waals surface area contributed by atoms with E-state index in [1.54, 1.807) is 17.8 Å². The summed E-state index contributed by atoms with van der Waals surface area (Å²) in [6, 6.07) is 4.78. The Morgan fingerprint density at radius 3 is 2.63 bits per heavy atom. The molecule has 0 aliphatic heterocycles. The number of carbonyl (C=O) groups excluding carboxylic acids is 1. The first-order valence-electron chi connectivity index (χ1n) is 6.17. The van der Waals surface area contributed by atoms with E-state index >= 15 is 0 Å². The topological polar surface area (TPSA) is 66.4 Å². The minimum Gasteiger partial charge on any atom is -0.480 e. The fourth-order valence-corrected chi connectivity index (χ4v) is 2.19. The number of aryl methyl sites for hydroxylation is 1. The zero-order valence-corrected chi connectivity index (χ0v) is 12.2. The third-order valence-corrected chi connectivity index (χ3v) is 3.60. The van der Waals surface area contributed by atoms with Crippen LogP contribution in [0.4, 0.5) is 0 Å². The van der Waals surface area contributed by atoms with Gasteiger partial charge in [-0.15, -0.1) is 11.8 Å². The molecule has 0 bridgehead atoms. The molecule has 1 amide bonds. The first kappa shape index (κ1) is 15.6. The summed E-state index contributed by atoms with van der Waals surface area (Å²) >= 11 is 1.55. The second-order valence-corrected chi connectivity index (χ2v) is 5.21. The van der Waals surface area contributed by atoms with Crippen LogP contribution in [-0.4, -0.2) is 29.3 Å². The Morgan fingerprint density at radius 2 is 2.11 bits per heavy atom. The van der Waals surface area contributed by atoms with Crippen LogP contribution in [0.25, 0.3) is 0 Å². The third kappa shape index (κ3) is 4.28. The molecule has 104 valence electrons. The molecule has 2 N–H and O–H groups in total. The van der Waals surface area contributed by atoms with Gasteiger partial charge in [-0.1, -0.05) is 19.4 Å². The van der Waals surface area contributed by atoms with E-state index in [4.69, 9.17) is 5.11 Å². The summed E-state index contributed by atoms with van der Waals surface area (Å²) in [4.78, 5) is 24.2. The van der Waals surface area contributed by atoms with Crippen molar-refractivity contribution in [1.29, 1.82) is 0 Å². The van der Waals surface area contributed by atoms with E-state index in [2.05, 4.69) is 5.32 Å². The standard InChI is InChI=1S/C14H19NO3S/c1-4-5-12(14(17)18)15-13(16)11-8-10(19-3)7-6-9(11)2/h6-8,12H,4-5H2,1-3H3,(H,15,16)(H,17,18)/t12-/m1/s1. The van der Waals surface area contributed by atoms with Crippen LogP contribution in [0.2, 0.25) is 0 Å². The minimum atomic E-state index is -0.992. The molecule has 0 aliphatic carbocycles. The largest absolute Gasteiger partial charge is 0.480 e. The van der Waals surface area contributed by atoms with Crippen LogP contribution in [0, 0.1) is 6.92 Å². The van der Waals surface area contributed by atoms with Crippen LogP contribution in [-0.2, 0) is 4.79 Å². The molecule has 0 unspecified atom stereocenters. The van der Waals surface area contributed by atoms with Crippen LogP contribution in [0.15, 0.2) is 23.1 Å². The number of rotatable bonds is 6. The van der Waals surface area contributed by atoms with Crippen LogP contribution in [0.3, 0.4) is 0 Å². The van der Waals surface area contributed by atoms with Crippen molar-refractivity contribution in [2.45, 2.75) is 37.6 Å². The Balaban J connectivity index is 2.90. The average molecular weight is 281 g/mol. The van der Waals surface area contributed by atoms with Gasteiger partial charge in [0.2, 0.25) is 0 Å². The fraction of sp³-hybridized carbons (Fsp3) is 0.429. The number of amides is 1. The van der Waals surface area contributed by atoms with Crippen molar-refractivity contribution in [2.75, 3.05) is 6.26 Å². The van der Waals surface area contributed by atoms with Gasteiger partial charge in [0.25, 0.3) is 5.91 Å². The van der Waals surface area contributed by atoms with Crippen LogP contribution >= 0.6 is 11.8 Å². The highest BCUT2D eigenvalue weighted by Crippen LogP contribution is 2.19. The SMILES string of the molecule is CCC[C@@H](NC(=O)c1cc(SC)ccc1C)C(=O)O. The summed E-state index contributed by atoms with van der Waals surface area (Å²) in [5.74, 6) is -1.32. The molecule has 0 aromatic heterocycles. The first-order chi connectivity index (χ1) is 8.99.